The Kier molecular flexibility index (Phi) is 4.70. The van der Waals surface area contributed by atoms with Gasteiger partial charge in [0.2, 0.25) is 0 Å². The molecule has 0 bridgehead atoms. The van der Waals surface area contributed by atoms with Crippen LogP contribution in [-0.2, 0) is 10.9 Å². The monoisotopic (exact) mass is 355 g/mol. The van der Waals surface area contributed by atoms with Gasteiger partial charge in [0.1, 0.15) is 10.6 Å². The van der Waals surface area contributed by atoms with Crippen LogP contribution in [0.4, 0.5) is 13.2 Å². The first-order valence-corrected chi connectivity index (χ1v) is 7.95. The first kappa shape index (κ1) is 16.7. The van der Waals surface area contributed by atoms with Crippen molar-refractivity contribution in [2.45, 2.75) is 29.2 Å². The highest BCUT2D eigenvalue weighted by molar-refractivity contribution is 7.99. The minimum absolute atomic E-state index is 0.126. The fourth-order valence-electron chi connectivity index (χ4n) is 1.84. The maximum atomic E-state index is 13.2. The molecule has 0 unspecified atom stereocenters. The molecule has 0 aromatic carbocycles. The topological polar surface area (TPSA) is 65.0 Å². The number of carbonyl (C=O) groups is 1. The molecule has 9 heteroatoms. The average Bonchev–Trinajstić information content (AvgIpc) is 3.37. The SMILES string of the molecule is O=C(OCC1CC1)c1cnc(Sc2ccccn2)nc1C(F)(F)F. The van der Waals surface area contributed by atoms with E-state index in [9.17, 15) is 18.0 Å². The number of rotatable bonds is 5. The van der Waals surface area contributed by atoms with E-state index in [0.717, 1.165) is 30.8 Å². The van der Waals surface area contributed by atoms with Crippen LogP contribution in [0.2, 0.25) is 0 Å². The van der Waals surface area contributed by atoms with Gasteiger partial charge in [0.15, 0.2) is 10.9 Å². The minimum Gasteiger partial charge on any atom is -0.462 e. The maximum Gasteiger partial charge on any atom is 0.434 e. The Morgan fingerprint density at radius 3 is 2.71 bits per heavy atom. The van der Waals surface area contributed by atoms with Crippen molar-refractivity contribution in [2.75, 3.05) is 6.61 Å². The highest BCUT2D eigenvalue weighted by atomic mass is 32.2. The van der Waals surface area contributed by atoms with E-state index in [-0.39, 0.29) is 17.7 Å². The second-order valence-electron chi connectivity index (χ2n) is 5.22. The molecule has 1 aliphatic carbocycles. The molecule has 0 N–H and O–H groups in total. The summed E-state index contributed by atoms with van der Waals surface area (Å²) in [5.41, 5.74) is -1.97. The minimum atomic E-state index is -4.78. The predicted molar refractivity (Wildman–Crippen MR) is 78.4 cm³/mol. The van der Waals surface area contributed by atoms with Crippen LogP contribution >= 0.6 is 11.8 Å². The second kappa shape index (κ2) is 6.76. The van der Waals surface area contributed by atoms with E-state index in [1.807, 2.05) is 0 Å². The third-order valence-corrected chi connectivity index (χ3v) is 4.07. The van der Waals surface area contributed by atoms with Gasteiger partial charge in [-0.05, 0) is 42.7 Å². The third kappa shape index (κ3) is 4.22. The van der Waals surface area contributed by atoms with Crippen LogP contribution in [0.25, 0.3) is 0 Å². The predicted octanol–water partition coefficient (Wildman–Crippen LogP) is 3.61. The van der Waals surface area contributed by atoms with Crippen molar-refractivity contribution < 1.29 is 22.7 Å². The van der Waals surface area contributed by atoms with E-state index >= 15 is 0 Å². The lowest BCUT2D eigenvalue weighted by Crippen LogP contribution is -2.19. The van der Waals surface area contributed by atoms with Crippen LogP contribution in [0.1, 0.15) is 28.9 Å². The Labute approximate surface area is 139 Å². The Hall–Kier alpha value is -2.16. The number of pyridine rings is 1. The summed E-state index contributed by atoms with van der Waals surface area (Å²) in [6.45, 7) is 0.126. The number of ether oxygens (including phenoxy) is 1. The lowest BCUT2D eigenvalue weighted by Gasteiger charge is -2.12. The lowest BCUT2D eigenvalue weighted by atomic mass is 10.2. The molecular weight excluding hydrogens is 343 g/mol. The summed E-state index contributed by atoms with van der Waals surface area (Å²) in [5, 5.41) is 0.314. The molecule has 5 nitrogen and oxygen atoms in total. The standard InChI is InChI=1S/C15H12F3N3O2S/c16-15(17,18)12-10(13(22)23-8-9-4-5-9)7-20-14(21-12)24-11-3-1-2-6-19-11/h1-3,6-7,9H,4-5,8H2. The van der Waals surface area contributed by atoms with Crippen molar-refractivity contribution in [1.82, 2.24) is 15.0 Å². The van der Waals surface area contributed by atoms with Gasteiger partial charge in [0, 0.05) is 12.4 Å². The Balaban J connectivity index is 1.84. The summed E-state index contributed by atoms with van der Waals surface area (Å²) in [5.74, 6) is -0.799. The molecule has 0 atom stereocenters. The summed E-state index contributed by atoms with van der Waals surface area (Å²) < 4.78 is 44.6. The number of nitrogens with zero attached hydrogens (tertiary/aromatic N) is 3. The molecule has 2 aromatic rings. The molecule has 1 aliphatic rings. The molecule has 0 spiro atoms. The Bertz CT molecular complexity index is 736. The number of carbonyl (C=O) groups excluding carboxylic acids is 1. The molecule has 0 aliphatic heterocycles. The van der Waals surface area contributed by atoms with Gasteiger partial charge in [-0.25, -0.2) is 19.7 Å². The van der Waals surface area contributed by atoms with Gasteiger partial charge in [-0.2, -0.15) is 13.2 Å². The number of alkyl halides is 3. The third-order valence-electron chi connectivity index (χ3n) is 3.24. The summed E-state index contributed by atoms with van der Waals surface area (Å²) in [6.07, 6.45) is -0.561. The second-order valence-corrected chi connectivity index (χ2v) is 6.21. The Morgan fingerprint density at radius 1 is 1.29 bits per heavy atom. The smallest absolute Gasteiger partial charge is 0.434 e. The van der Waals surface area contributed by atoms with Crippen LogP contribution in [-0.4, -0.2) is 27.5 Å². The zero-order chi connectivity index (χ0) is 17.2. The molecule has 2 aromatic heterocycles. The number of halogens is 3. The molecule has 2 heterocycles. The number of hydrogen-bond donors (Lipinski definition) is 0. The van der Waals surface area contributed by atoms with Gasteiger partial charge in [0.25, 0.3) is 0 Å². The highest BCUT2D eigenvalue weighted by Gasteiger charge is 2.39. The van der Waals surface area contributed by atoms with Crippen LogP contribution in [0, 0.1) is 5.92 Å². The van der Waals surface area contributed by atoms with Crippen molar-refractivity contribution in [3.63, 3.8) is 0 Å². The van der Waals surface area contributed by atoms with Gasteiger partial charge in [-0.15, -0.1) is 0 Å². The van der Waals surface area contributed by atoms with Crippen LogP contribution in [0.5, 0.6) is 0 Å². The quantitative estimate of drug-likeness (QED) is 0.603. The first-order valence-electron chi connectivity index (χ1n) is 7.14. The van der Waals surface area contributed by atoms with Gasteiger partial charge in [0.05, 0.1) is 6.61 Å². The van der Waals surface area contributed by atoms with Crippen LogP contribution in [0.15, 0.2) is 40.8 Å². The fraction of sp³-hybridized carbons (Fsp3) is 0.333. The van der Waals surface area contributed by atoms with E-state index in [0.29, 0.717) is 5.03 Å². The maximum absolute atomic E-state index is 13.2. The van der Waals surface area contributed by atoms with Crippen molar-refractivity contribution in [2.24, 2.45) is 5.92 Å². The van der Waals surface area contributed by atoms with E-state index in [4.69, 9.17) is 4.74 Å². The van der Waals surface area contributed by atoms with Crippen molar-refractivity contribution in [3.05, 3.63) is 41.9 Å². The molecule has 1 saturated carbocycles. The van der Waals surface area contributed by atoms with Gasteiger partial charge < -0.3 is 4.74 Å². The highest BCUT2D eigenvalue weighted by Crippen LogP contribution is 2.34. The lowest BCUT2D eigenvalue weighted by molar-refractivity contribution is -0.142. The molecule has 0 amide bonds. The number of hydrogen-bond acceptors (Lipinski definition) is 6. The Morgan fingerprint density at radius 2 is 2.08 bits per heavy atom. The molecule has 0 saturated heterocycles. The zero-order valence-corrected chi connectivity index (χ0v) is 13.1. The number of esters is 1. The molecule has 0 radical (unpaired) electrons. The molecule has 126 valence electrons. The van der Waals surface area contributed by atoms with Crippen molar-refractivity contribution in [1.29, 1.82) is 0 Å². The number of aromatic nitrogens is 3. The zero-order valence-electron chi connectivity index (χ0n) is 12.3. The molecule has 24 heavy (non-hydrogen) atoms. The van der Waals surface area contributed by atoms with E-state index in [1.54, 1.807) is 18.2 Å². The molecular formula is C15H12F3N3O2S. The molecule has 3 rings (SSSR count). The van der Waals surface area contributed by atoms with E-state index in [2.05, 4.69) is 15.0 Å². The first-order chi connectivity index (χ1) is 11.4. The summed E-state index contributed by atoms with van der Waals surface area (Å²) in [7, 11) is 0. The average molecular weight is 355 g/mol. The van der Waals surface area contributed by atoms with E-state index in [1.165, 1.54) is 6.20 Å². The fourth-order valence-corrected chi connectivity index (χ4v) is 2.53. The summed E-state index contributed by atoms with van der Waals surface area (Å²) in [4.78, 5) is 23.2. The normalized spacial score (nSPS) is 14.5. The van der Waals surface area contributed by atoms with Gasteiger partial charge in [-0.3, -0.25) is 0 Å². The van der Waals surface area contributed by atoms with Crippen LogP contribution < -0.4 is 0 Å². The van der Waals surface area contributed by atoms with Gasteiger partial charge in [-0.1, -0.05) is 6.07 Å². The van der Waals surface area contributed by atoms with Crippen molar-refractivity contribution >= 4 is 17.7 Å². The van der Waals surface area contributed by atoms with Gasteiger partial charge >= 0.3 is 12.1 Å². The van der Waals surface area contributed by atoms with Crippen LogP contribution in [0.3, 0.4) is 0 Å². The molecule has 1 fully saturated rings. The van der Waals surface area contributed by atoms with Crippen molar-refractivity contribution in [3.8, 4) is 0 Å². The largest absolute Gasteiger partial charge is 0.462 e. The summed E-state index contributed by atoms with van der Waals surface area (Å²) >= 11 is 0.881. The van der Waals surface area contributed by atoms with E-state index < -0.39 is 23.4 Å². The summed E-state index contributed by atoms with van der Waals surface area (Å²) in [6, 6.07) is 5.01.